The lowest BCUT2D eigenvalue weighted by atomic mass is 9.56. The Hall–Kier alpha value is -2.00. The average Bonchev–Trinajstić information content (AvgIpc) is 3.09. The van der Waals surface area contributed by atoms with Gasteiger partial charge >= 0.3 is 0 Å². The van der Waals surface area contributed by atoms with Crippen molar-refractivity contribution in [3.63, 3.8) is 0 Å². The predicted molar refractivity (Wildman–Crippen MR) is 109 cm³/mol. The van der Waals surface area contributed by atoms with Gasteiger partial charge in [0.25, 0.3) is 0 Å². The fourth-order valence-electron chi connectivity index (χ4n) is 6.21. The Labute approximate surface area is 158 Å². The van der Waals surface area contributed by atoms with E-state index >= 15 is 0 Å². The van der Waals surface area contributed by atoms with Gasteiger partial charge in [0.15, 0.2) is 0 Å². The van der Waals surface area contributed by atoms with Gasteiger partial charge in [-0.25, -0.2) is 0 Å². The Morgan fingerprint density at radius 2 is 1.85 bits per heavy atom. The molecule has 0 aromatic heterocycles. The van der Waals surface area contributed by atoms with Crippen LogP contribution in [-0.4, -0.2) is 0 Å². The number of hydrogen-bond donors (Lipinski definition) is 0. The smallest absolute Gasteiger partial charge is 0.0243 e. The summed E-state index contributed by atoms with van der Waals surface area (Å²) in [5.74, 6) is 5.22. The monoisotopic (exact) mass is 339 g/mol. The van der Waals surface area contributed by atoms with Gasteiger partial charge in [-0.2, -0.15) is 0 Å². The molecule has 5 rings (SSSR count). The average molecular weight is 340 g/mol. The first-order valence-corrected chi connectivity index (χ1v) is 10.2. The van der Waals surface area contributed by atoms with E-state index in [2.05, 4.69) is 49.6 Å². The summed E-state index contributed by atoms with van der Waals surface area (Å²) >= 11 is 0. The van der Waals surface area contributed by atoms with Gasteiger partial charge in [0.05, 0.1) is 0 Å². The van der Waals surface area contributed by atoms with Gasteiger partial charge in [0.1, 0.15) is 0 Å². The standard InChI is InChI=1S/C26H27/c1-3-18-6-8-19(9-7-18)20-10-12-22-21(17-20)11-13-24-23(22)14-16-26(2)15-4-5-25(24)26/h1,6-10,12,14,17,23-25H,4-5,11,13,15-16H2,2H3/t23-,24-,25+,26+/m1/s1. The van der Waals surface area contributed by atoms with Crippen molar-refractivity contribution >= 4 is 0 Å². The summed E-state index contributed by atoms with van der Waals surface area (Å²) in [4.78, 5) is 0. The van der Waals surface area contributed by atoms with E-state index in [1.165, 1.54) is 49.7 Å². The zero-order valence-electron chi connectivity index (χ0n) is 15.7. The highest BCUT2D eigenvalue weighted by molar-refractivity contribution is 5.66. The molecule has 0 N–H and O–H groups in total. The normalized spacial score (nSPS) is 32.2. The molecule has 0 unspecified atom stereocenters. The zero-order chi connectivity index (χ0) is 17.7. The van der Waals surface area contributed by atoms with Crippen LogP contribution in [0, 0.1) is 36.0 Å². The molecule has 0 aliphatic heterocycles. The minimum Gasteiger partial charge on any atom is -0.115 e. The van der Waals surface area contributed by atoms with Crippen LogP contribution < -0.4 is 0 Å². The second kappa shape index (κ2) is 6.02. The molecular formula is C26H27. The lowest BCUT2D eigenvalue weighted by Gasteiger charge is -2.49. The Bertz CT molecular complexity index is 866. The van der Waals surface area contributed by atoms with Gasteiger partial charge in [-0.15, -0.1) is 6.42 Å². The van der Waals surface area contributed by atoms with Gasteiger partial charge in [0, 0.05) is 5.56 Å². The quantitative estimate of drug-likeness (QED) is 0.528. The topological polar surface area (TPSA) is 0 Å². The van der Waals surface area contributed by atoms with Gasteiger partial charge in [-0.05, 0) is 96.1 Å². The minimum absolute atomic E-state index is 0.595. The molecule has 1 radical (unpaired) electrons. The second-order valence-electron chi connectivity index (χ2n) is 8.96. The fourth-order valence-corrected chi connectivity index (χ4v) is 6.21. The molecule has 0 saturated heterocycles. The molecule has 0 heteroatoms. The fraction of sp³-hybridized carbons (Fsp3) is 0.423. The van der Waals surface area contributed by atoms with Crippen LogP contribution in [0.5, 0.6) is 0 Å². The molecule has 131 valence electrons. The SMILES string of the molecule is C#Cc1ccc(-c2ccc3c(c2)CC[C@@H]2[C@@H]3[CH]C[C@]3(C)CCC[C@@H]23)cc1. The van der Waals surface area contributed by atoms with Crippen molar-refractivity contribution in [2.24, 2.45) is 17.3 Å². The third-order valence-corrected chi connectivity index (χ3v) is 7.61. The molecule has 4 atom stereocenters. The molecule has 0 nitrogen and oxygen atoms in total. The van der Waals surface area contributed by atoms with Crippen LogP contribution in [0.4, 0.5) is 0 Å². The Morgan fingerprint density at radius 1 is 1.04 bits per heavy atom. The highest BCUT2D eigenvalue weighted by atomic mass is 14.5. The van der Waals surface area contributed by atoms with E-state index in [0.29, 0.717) is 11.3 Å². The van der Waals surface area contributed by atoms with Crippen molar-refractivity contribution in [2.45, 2.75) is 51.4 Å². The molecule has 3 aliphatic carbocycles. The first-order chi connectivity index (χ1) is 12.7. The van der Waals surface area contributed by atoms with Crippen LogP contribution in [0.1, 0.15) is 61.6 Å². The summed E-state index contributed by atoms with van der Waals surface area (Å²) in [6, 6.07) is 15.6. The van der Waals surface area contributed by atoms with Crippen molar-refractivity contribution in [3.05, 3.63) is 65.6 Å². The molecule has 2 fully saturated rings. The van der Waals surface area contributed by atoms with E-state index in [1.54, 1.807) is 11.1 Å². The van der Waals surface area contributed by atoms with E-state index in [1.807, 2.05) is 12.1 Å². The summed E-state index contributed by atoms with van der Waals surface area (Å²) in [7, 11) is 0. The largest absolute Gasteiger partial charge is 0.115 e. The van der Waals surface area contributed by atoms with Crippen LogP contribution >= 0.6 is 0 Å². The number of benzene rings is 2. The van der Waals surface area contributed by atoms with Gasteiger partial charge in [-0.3, -0.25) is 0 Å². The van der Waals surface area contributed by atoms with Crippen molar-refractivity contribution in [1.29, 1.82) is 0 Å². The summed E-state index contributed by atoms with van der Waals surface area (Å²) in [5.41, 5.74) is 7.32. The van der Waals surface area contributed by atoms with Crippen LogP contribution in [0.3, 0.4) is 0 Å². The molecule has 0 spiro atoms. The molecule has 2 saturated carbocycles. The van der Waals surface area contributed by atoms with Crippen LogP contribution in [0.25, 0.3) is 11.1 Å². The summed E-state index contributed by atoms with van der Waals surface area (Å²) in [6.45, 7) is 2.55. The van der Waals surface area contributed by atoms with Crippen molar-refractivity contribution in [2.75, 3.05) is 0 Å². The van der Waals surface area contributed by atoms with Crippen molar-refractivity contribution in [3.8, 4) is 23.5 Å². The maximum Gasteiger partial charge on any atom is 0.0243 e. The molecule has 26 heavy (non-hydrogen) atoms. The highest BCUT2D eigenvalue weighted by Crippen LogP contribution is 2.60. The Balaban J connectivity index is 1.47. The first kappa shape index (κ1) is 16.2. The third kappa shape index (κ3) is 2.44. The number of rotatable bonds is 1. The molecule has 2 aromatic carbocycles. The number of terminal acetylenes is 1. The van der Waals surface area contributed by atoms with E-state index in [0.717, 1.165) is 17.4 Å². The summed E-state index contributed by atoms with van der Waals surface area (Å²) in [5, 5.41) is 0. The van der Waals surface area contributed by atoms with Crippen molar-refractivity contribution < 1.29 is 0 Å². The maximum absolute atomic E-state index is 5.48. The number of aryl methyl sites for hydroxylation is 1. The van der Waals surface area contributed by atoms with Crippen LogP contribution in [0.2, 0.25) is 0 Å². The molecular weight excluding hydrogens is 312 g/mol. The highest BCUT2D eigenvalue weighted by Gasteiger charge is 2.50. The molecule has 0 bridgehead atoms. The van der Waals surface area contributed by atoms with E-state index in [4.69, 9.17) is 6.42 Å². The molecule has 0 heterocycles. The predicted octanol–water partition coefficient (Wildman–Crippen LogP) is 6.40. The van der Waals surface area contributed by atoms with E-state index in [-0.39, 0.29) is 0 Å². The summed E-state index contributed by atoms with van der Waals surface area (Å²) < 4.78 is 0. The van der Waals surface area contributed by atoms with Gasteiger partial charge < -0.3 is 0 Å². The van der Waals surface area contributed by atoms with Crippen molar-refractivity contribution in [1.82, 2.24) is 0 Å². The van der Waals surface area contributed by atoms with Gasteiger partial charge in [0.2, 0.25) is 0 Å². The maximum atomic E-state index is 5.48. The Morgan fingerprint density at radius 3 is 2.65 bits per heavy atom. The molecule has 2 aromatic rings. The molecule has 0 amide bonds. The van der Waals surface area contributed by atoms with Crippen LogP contribution in [-0.2, 0) is 6.42 Å². The van der Waals surface area contributed by atoms with E-state index < -0.39 is 0 Å². The lowest BCUT2D eigenvalue weighted by molar-refractivity contribution is 0.0912. The number of fused-ring (bicyclic) bond motifs is 5. The minimum atomic E-state index is 0.595. The van der Waals surface area contributed by atoms with E-state index in [9.17, 15) is 0 Å². The van der Waals surface area contributed by atoms with Gasteiger partial charge in [-0.1, -0.05) is 49.6 Å². The summed E-state index contributed by atoms with van der Waals surface area (Å²) in [6.07, 6.45) is 16.4. The second-order valence-corrected chi connectivity index (χ2v) is 8.96. The number of hydrogen-bond acceptors (Lipinski definition) is 0. The Kier molecular flexibility index (Phi) is 3.75. The first-order valence-electron chi connectivity index (χ1n) is 10.2. The molecule has 3 aliphatic rings. The van der Waals surface area contributed by atoms with Crippen LogP contribution in [0.15, 0.2) is 42.5 Å². The zero-order valence-corrected chi connectivity index (χ0v) is 15.7. The third-order valence-electron chi connectivity index (χ3n) is 7.61. The lowest BCUT2D eigenvalue weighted by Crippen LogP contribution is -2.39.